The van der Waals surface area contributed by atoms with Crippen LogP contribution in [-0.2, 0) is 18.7 Å². The first-order valence-corrected chi connectivity index (χ1v) is 16.4. The van der Waals surface area contributed by atoms with Gasteiger partial charge in [-0.3, -0.25) is 14.9 Å². The first-order valence-electron chi connectivity index (χ1n) is 13.5. The van der Waals surface area contributed by atoms with Crippen LogP contribution >= 0.6 is 0 Å². The van der Waals surface area contributed by atoms with Crippen molar-refractivity contribution in [1.82, 2.24) is 4.90 Å². The molecule has 0 spiro atoms. The quantitative estimate of drug-likeness (QED) is 0.213. The van der Waals surface area contributed by atoms with Crippen LogP contribution in [0.2, 0.25) is 18.1 Å². The number of para-hydroxylation sites is 1. The fourth-order valence-electron chi connectivity index (χ4n) is 4.75. The van der Waals surface area contributed by atoms with Gasteiger partial charge in [-0.05, 0) is 53.9 Å². The summed E-state index contributed by atoms with van der Waals surface area (Å²) >= 11 is 0. The SMILES string of the molecule is COC(=O)Nc1ccccc1[C@@H]1[C@H](C(=O)OC)c2cc(OC)c(OC)cc2C(=O)N1CCCO[Si](C)(C)C(C)(C)C. The highest BCUT2D eigenvalue weighted by molar-refractivity contribution is 6.74. The molecule has 2 aromatic carbocycles. The van der Waals surface area contributed by atoms with E-state index in [1.807, 2.05) is 0 Å². The van der Waals surface area contributed by atoms with Gasteiger partial charge in [-0.25, -0.2) is 4.79 Å². The van der Waals surface area contributed by atoms with Crippen LogP contribution in [-0.4, -0.2) is 72.8 Å². The lowest BCUT2D eigenvalue weighted by Crippen LogP contribution is -2.46. The van der Waals surface area contributed by atoms with Crippen LogP contribution in [0.15, 0.2) is 36.4 Å². The number of hydrogen-bond acceptors (Lipinski definition) is 8. The minimum absolute atomic E-state index is 0.0412. The number of benzene rings is 2. The predicted octanol–water partition coefficient (Wildman–Crippen LogP) is 5.75. The normalized spacial score (nSPS) is 17.0. The molecule has 3 rings (SSSR count). The van der Waals surface area contributed by atoms with Crippen LogP contribution in [0.3, 0.4) is 0 Å². The average Bonchev–Trinajstić information content (AvgIpc) is 2.94. The van der Waals surface area contributed by atoms with Crippen molar-refractivity contribution in [2.24, 2.45) is 0 Å². The highest BCUT2D eigenvalue weighted by Crippen LogP contribution is 2.48. The maximum Gasteiger partial charge on any atom is 0.411 e. The maximum absolute atomic E-state index is 14.2. The van der Waals surface area contributed by atoms with Gasteiger partial charge in [0.05, 0.1) is 34.5 Å². The number of anilines is 1. The Balaban J connectivity index is 2.16. The third-order valence-electron chi connectivity index (χ3n) is 8.00. The van der Waals surface area contributed by atoms with Gasteiger partial charge in [0, 0.05) is 24.4 Å². The van der Waals surface area contributed by atoms with Gasteiger partial charge in [0.2, 0.25) is 0 Å². The number of ether oxygens (including phenoxy) is 4. The molecule has 0 saturated heterocycles. The Morgan fingerprint density at radius 3 is 2.17 bits per heavy atom. The van der Waals surface area contributed by atoms with Gasteiger partial charge < -0.3 is 28.3 Å². The second-order valence-electron chi connectivity index (χ2n) is 11.4. The van der Waals surface area contributed by atoms with Crippen LogP contribution in [0.4, 0.5) is 10.5 Å². The summed E-state index contributed by atoms with van der Waals surface area (Å²) in [5, 5.41) is 2.77. The number of fused-ring (bicyclic) bond motifs is 1. The molecule has 11 heteroatoms. The van der Waals surface area contributed by atoms with Gasteiger partial charge in [-0.2, -0.15) is 0 Å². The van der Waals surface area contributed by atoms with Crippen molar-refractivity contribution in [2.75, 3.05) is 46.9 Å². The highest BCUT2D eigenvalue weighted by atomic mass is 28.4. The molecule has 0 bridgehead atoms. The molecule has 0 radical (unpaired) electrons. The van der Waals surface area contributed by atoms with Crippen molar-refractivity contribution in [1.29, 1.82) is 0 Å². The summed E-state index contributed by atoms with van der Waals surface area (Å²) < 4.78 is 27.5. The van der Waals surface area contributed by atoms with E-state index in [1.165, 1.54) is 28.4 Å². The third kappa shape index (κ3) is 6.67. The largest absolute Gasteiger partial charge is 0.493 e. The van der Waals surface area contributed by atoms with Crippen molar-refractivity contribution >= 4 is 32.0 Å². The van der Waals surface area contributed by atoms with Gasteiger partial charge >= 0.3 is 12.1 Å². The topological polar surface area (TPSA) is 113 Å². The molecule has 1 aliphatic rings. The summed E-state index contributed by atoms with van der Waals surface area (Å²) in [6.45, 7) is 11.6. The number of amides is 2. The van der Waals surface area contributed by atoms with Gasteiger partial charge in [0.15, 0.2) is 19.8 Å². The van der Waals surface area contributed by atoms with Gasteiger partial charge in [-0.1, -0.05) is 39.0 Å². The zero-order valence-corrected chi connectivity index (χ0v) is 26.5. The lowest BCUT2D eigenvalue weighted by molar-refractivity contribution is -0.144. The summed E-state index contributed by atoms with van der Waals surface area (Å²) in [6.07, 6.45) is -0.131. The zero-order valence-electron chi connectivity index (χ0n) is 25.5. The Bertz CT molecular complexity index is 1270. The second-order valence-corrected chi connectivity index (χ2v) is 16.2. The molecule has 0 fully saturated rings. The van der Waals surface area contributed by atoms with Crippen molar-refractivity contribution < 1.29 is 37.8 Å². The number of nitrogens with zero attached hydrogens (tertiary/aromatic N) is 1. The monoisotopic (exact) mass is 586 g/mol. The number of rotatable bonds is 10. The van der Waals surface area contributed by atoms with Crippen LogP contribution in [0, 0.1) is 0 Å². The molecular formula is C30H42N2O8Si. The summed E-state index contributed by atoms with van der Waals surface area (Å²) in [7, 11) is 3.55. The average molecular weight is 587 g/mol. The number of nitrogens with one attached hydrogen (secondary N) is 1. The Morgan fingerprint density at radius 2 is 1.59 bits per heavy atom. The first-order chi connectivity index (χ1) is 19.3. The van der Waals surface area contributed by atoms with Crippen LogP contribution < -0.4 is 14.8 Å². The zero-order chi connectivity index (χ0) is 30.5. The molecule has 0 aromatic heterocycles. The Hall–Kier alpha value is -3.57. The molecule has 0 unspecified atom stereocenters. The molecule has 0 saturated carbocycles. The summed E-state index contributed by atoms with van der Waals surface area (Å²) in [5.74, 6) is -0.994. The Morgan fingerprint density at radius 1 is 0.951 bits per heavy atom. The van der Waals surface area contributed by atoms with E-state index < -0.39 is 32.3 Å². The molecule has 2 aromatic rings. The molecule has 2 atom stereocenters. The van der Waals surface area contributed by atoms with E-state index in [0.717, 1.165) is 0 Å². The Labute approximate surface area is 243 Å². The van der Waals surface area contributed by atoms with Gasteiger partial charge in [0.1, 0.15) is 5.92 Å². The van der Waals surface area contributed by atoms with E-state index in [1.54, 1.807) is 41.3 Å². The lowest BCUT2D eigenvalue weighted by atomic mass is 9.78. The number of hydrogen-bond donors (Lipinski definition) is 1. The molecule has 2 amide bonds. The molecular weight excluding hydrogens is 544 g/mol. The fourth-order valence-corrected chi connectivity index (χ4v) is 5.84. The van der Waals surface area contributed by atoms with E-state index in [0.29, 0.717) is 53.4 Å². The number of esters is 1. The van der Waals surface area contributed by atoms with Gasteiger partial charge in [-0.15, -0.1) is 0 Å². The maximum atomic E-state index is 14.2. The van der Waals surface area contributed by atoms with E-state index in [4.69, 9.17) is 23.4 Å². The van der Waals surface area contributed by atoms with Gasteiger partial charge in [0.25, 0.3) is 5.91 Å². The molecule has 41 heavy (non-hydrogen) atoms. The molecule has 224 valence electrons. The van der Waals surface area contributed by atoms with Crippen LogP contribution in [0.5, 0.6) is 11.5 Å². The molecule has 1 N–H and O–H groups in total. The Kier molecular flexibility index (Phi) is 10.1. The number of methoxy groups -OCH3 is 4. The number of carbonyl (C=O) groups is 3. The molecule has 10 nitrogen and oxygen atoms in total. The van der Waals surface area contributed by atoms with E-state index >= 15 is 0 Å². The molecule has 1 heterocycles. The summed E-state index contributed by atoms with van der Waals surface area (Å²) in [6, 6.07) is 9.47. The predicted molar refractivity (Wildman–Crippen MR) is 158 cm³/mol. The standard InChI is InChI=1S/C30H42N2O8Si/c1-30(2,3)41(8,9)40-16-12-15-32-26(19-13-10-11-14-22(19)31-29(35)39-7)25(28(34)38-6)20-17-23(36-4)24(37-5)18-21(20)27(32)33/h10-11,13-14,17-18,25-26H,12,15-16H2,1-9H3,(H,31,35)/t25-,26-/m1/s1. The van der Waals surface area contributed by atoms with Crippen molar-refractivity contribution in [3.8, 4) is 11.5 Å². The molecule has 1 aliphatic heterocycles. The van der Waals surface area contributed by atoms with Crippen molar-refractivity contribution in [3.63, 3.8) is 0 Å². The van der Waals surface area contributed by atoms with E-state index in [2.05, 4.69) is 39.2 Å². The smallest absolute Gasteiger partial charge is 0.411 e. The van der Waals surface area contributed by atoms with Crippen molar-refractivity contribution in [2.45, 2.75) is 57.3 Å². The highest BCUT2D eigenvalue weighted by Gasteiger charge is 2.46. The van der Waals surface area contributed by atoms with Crippen LogP contribution in [0.1, 0.15) is 60.6 Å². The third-order valence-corrected chi connectivity index (χ3v) is 12.5. The molecule has 0 aliphatic carbocycles. The van der Waals surface area contributed by atoms with Crippen molar-refractivity contribution in [3.05, 3.63) is 53.1 Å². The summed E-state index contributed by atoms with van der Waals surface area (Å²) in [5.41, 5.74) is 1.74. The minimum Gasteiger partial charge on any atom is -0.493 e. The summed E-state index contributed by atoms with van der Waals surface area (Å²) in [4.78, 5) is 41.6. The van der Waals surface area contributed by atoms with E-state index in [9.17, 15) is 14.4 Å². The second kappa shape index (κ2) is 12.9. The number of carbonyl (C=O) groups excluding carboxylic acids is 3. The minimum atomic E-state index is -2.01. The lowest BCUT2D eigenvalue weighted by Gasteiger charge is -2.42. The first kappa shape index (κ1) is 31.9. The van der Waals surface area contributed by atoms with Crippen LogP contribution in [0.25, 0.3) is 0 Å². The van der Waals surface area contributed by atoms with E-state index in [-0.39, 0.29) is 10.9 Å². The fraction of sp³-hybridized carbons (Fsp3) is 0.500.